The molecule has 11 heteroatoms. The van der Waals surface area contributed by atoms with Crippen molar-refractivity contribution in [1.82, 2.24) is 4.90 Å². The third-order valence-corrected chi connectivity index (χ3v) is 8.58. The first-order chi connectivity index (χ1) is 23.7. The van der Waals surface area contributed by atoms with Crippen LogP contribution in [0.4, 0.5) is 16.2 Å². The number of benzene rings is 5. The van der Waals surface area contributed by atoms with Crippen molar-refractivity contribution < 1.29 is 33.7 Å². The number of nitrogens with one attached hydrogen (secondary N) is 2. The van der Waals surface area contributed by atoms with Crippen molar-refractivity contribution >= 4 is 51.7 Å². The number of amides is 3. The molecule has 6 rings (SSSR count). The van der Waals surface area contributed by atoms with E-state index in [0.717, 1.165) is 10.8 Å². The average molecular weight is 680 g/mol. The topological polar surface area (TPSA) is 126 Å². The van der Waals surface area contributed by atoms with Crippen LogP contribution >= 0.6 is 11.6 Å². The lowest BCUT2D eigenvalue weighted by atomic mass is 10.1. The monoisotopic (exact) mass is 679 g/mol. The third kappa shape index (κ3) is 8.22. The summed E-state index contributed by atoms with van der Waals surface area (Å²) in [4.78, 5) is 39.5. The van der Waals surface area contributed by atoms with Crippen molar-refractivity contribution in [3.63, 3.8) is 0 Å². The zero-order chi connectivity index (χ0) is 34.3. The van der Waals surface area contributed by atoms with Gasteiger partial charge in [0.05, 0.1) is 48.1 Å². The van der Waals surface area contributed by atoms with Crippen LogP contribution in [-0.2, 0) is 11.2 Å². The van der Waals surface area contributed by atoms with Gasteiger partial charge in [0.25, 0.3) is 0 Å². The predicted octanol–water partition coefficient (Wildman–Crippen LogP) is 7.51. The molecule has 0 aliphatic carbocycles. The number of carboxylic acid groups (broad SMARTS) is 1. The summed E-state index contributed by atoms with van der Waals surface area (Å²) in [5.74, 6) is 0.464. The van der Waals surface area contributed by atoms with Gasteiger partial charge in [-0.25, -0.2) is 9.59 Å². The van der Waals surface area contributed by atoms with Gasteiger partial charge in [0.15, 0.2) is 0 Å². The lowest BCUT2D eigenvalue weighted by Crippen LogP contribution is -2.40. The van der Waals surface area contributed by atoms with Gasteiger partial charge in [-0.2, -0.15) is 0 Å². The van der Waals surface area contributed by atoms with Crippen molar-refractivity contribution in [1.29, 1.82) is 0 Å². The summed E-state index contributed by atoms with van der Waals surface area (Å²) < 4.78 is 18.0. The fourth-order valence-corrected chi connectivity index (χ4v) is 5.99. The van der Waals surface area contributed by atoms with Gasteiger partial charge in [-0.1, -0.05) is 60.1 Å². The van der Waals surface area contributed by atoms with Gasteiger partial charge in [0.2, 0.25) is 5.91 Å². The summed E-state index contributed by atoms with van der Waals surface area (Å²) in [7, 11) is 1.49. The van der Waals surface area contributed by atoms with Crippen LogP contribution in [0.2, 0.25) is 5.02 Å². The molecule has 49 heavy (non-hydrogen) atoms. The second-order valence-corrected chi connectivity index (χ2v) is 12.0. The van der Waals surface area contributed by atoms with E-state index in [9.17, 15) is 19.5 Å². The predicted molar refractivity (Wildman–Crippen MR) is 188 cm³/mol. The number of halogens is 1. The number of anilines is 2. The van der Waals surface area contributed by atoms with Crippen molar-refractivity contribution in [3.8, 4) is 17.2 Å². The minimum absolute atomic E-state index is 0.0783. The third-order valence-electron chi connectivity index (χ3n) is 8.26. The van der Waals surface area contributed by atoms with E-state index in [2.05, 4.69) is 10.6 Å². The maximum absolute atomic E-state index is 13.8. The van der Waals surface area contributed by atoms with E-state index in [1.165, 1.54) is 19.2 Å². The Morgan fingerprint density at radius 2 is 1.55 bits per heavy atom. The van der Waals surface area contributed by atoms with Crippen LogP contribution in [0.1, 0.15) is 22.3 Å². The van der Waals surface area contributed by atoms with Crippen LogP contribution in [-0.4, -0.2) is 60.3 Å². The van der Waals surface area contributed by atoms with E-state index in [0.29, 0.717) is 52.2 Å². The van der Waals surface area contributed by atoms with Crippen molar-refractivity contribution in [3.05, 3.63) is 125 Å². The van der Waals surface area contributed by atoms with Crippen LogP contribution < -0.4 is 24.8 Å². The molecule has 5 aromatic rings. The Bertz CT molecular complexity index is 1980. The first kappa shape index (κ1) is 33.2. The van der Waals surface area contributed by atoms with E-state index in [1.54, 1.807) is 59.5 Å². The molecule has 2 atom stereocenters. The van der Waals surface area contributed by atoms with E-state index in [4.69, 9.17) is 25.8 Å². The molecule has 1 aliphatic heterocycles. The molecule has 1 heterocycles. The van der Waals surface area contributed by atoms with Crippen molar-refractivity contribution in [2.45, 2.75) is 25.0 Å². The SMILES string of the molecule is COc1cc(CC(=O)N2C[C@@H](Oc3ccc4ccccc4c3)C[C@H]2COc2ccc(C(=O)O)cc2)ccc1NC(=O)Nc1ccccc1Cl. The van der Waals surface area contributed by atoms with Crippen LogP contribution in [0.5, 0.6) is 17.2 Å². The van der Waals surface area contributed by atoms with Crippen LogP contribution in [0, 0.1) is 0 Å². The highest BCUT2D eigenvalue weighted by atomic mass is 35.5. The number of ether oxygens (including phenoxy) is 3. The minimum atomic E-state index is -1.02. The Hall–Kier alpha value is -5.74. The van der Waals surface area contributed by atoms with E-state index in [-0.39, 0.29) is 36.6 Å². The molecule has 0 radical (unpaired) electrons. The summed E-state index contributed by atoms with van der Waals surface area (Å²) in [6.45, 7) is 0.555. The fourth-order valence-electron chi connectivity index (χ4n) is 5.81. The van der Waals surface area contributed by atoms with Gasteiger partial charge in [0.1, 0.15) is 30.0 Å². The fraction of sp³-hybridized carbons (Fsp3) is 0.184. The molecule has 0 spiro atoms. The Kier molecular flexibility index (Phi) is 10.2. The molecule has 5 aromatic carbocycles. The highest BCUT2D eigenvalue weighted by Gasteiger charge is 2.37. The maximum atomic E-state index is 13.8. The number of nitrogens with zero attached hydrogens (tertiary/aromatic N) is 1. The molecule has 0 saturated carbocycles. The molecule has 10 nitrogen and oxygen atoms in total. The van der Waals surface area contributed by atoms with Crippen molar-refractivity contribution in [2.75, 3.05) is 30.9 Å². The number of carbonyl (C=O) groups excluding carboxylic acids is 2. The molecule has 250 valence electrons. The molecule has 0 bridgehead atoms. The van der Waals surface area contributed by atoms with Gasteiger partial charge in [-0.05, 0) is 77.0 Å². The summed E-state index contributed by atoms with van der Waals surface area (Å²) in [5, 5.41) is 17.3. The minimum Gasteiger partial charge on any atom is -0.495 e. The number of hydrogen-bond donors (Lipinski definition) is 3. The second-order valence-electron chi connectivity index (χ2n) is 11.6. The van der Waals surface area contributed by atoms with Gasteiger partial charge in [-0.3, -0.25) is 4.79 Å². The maximum Gasteiger partial charge on any atom is 0.335 e. The Morgan fingerprint density at radius 3 is 2.31 bits per heavy atom. The van der Waals surface area contributed by atoms with E-state index < -0.39 is 12.0 Å². The van der Waals surface area contributed by atoms with Gasteiger partial charge < -0.3 is 34.9 Å². The van der Waals surface area contributed by atoms with Crippen molar-refractivity contribution in [2.24, 2.45) is 0 Å². The lowest BCUT2D eigenvalue weighted by molar-refractivity contribution is -0.132. The first-order valence-electron chi connectivity index (χ1n) is 15.7. The molecule has 0 unspecified atom stereocenters. The molecule has 1 saturated heterocycles. The van der Waals surface area contributed by atoms with Gasteiger partial charge >= 0.3 is 12.0 Å². The number of aromatic carboxylic acids is 1. The first-order valence-corrected chi connectivity index (χ1v) is 16.0. The number of likely N-dealkylation sites (tertiary alicyclic amines) is 1. The largest absolute Gasteiger partial charge is 0.495 e. The Morgan fingerprint density at radius 1 is 0.837 bits per heavy atom. The summed E-state index contributed by atoms with van der Waals surface area (Å²) >= 11 is 6.16. The van der Waals surface area contributed by atoms with Gasteiger partial charge in [0, 0.05) is 6.42 Å². The highest BCUT2D eigenvalue weighted by molar-refractivity contribution is 6.33. The van der Waals surface area contributed by atoms with Crippen LogP contribution in [0.25, 0.3) is 10.8 Å². The Balaban J connectivity index is 1.15. The number of carboxylic acids is 1. The zero-order valence-corrected chi connectivity index (χ0v) is 27.4. The van der Waals surface area contributed by atoms with Gasteiger partial charge in [-0.15, -0.1) is 0 Å². The molecule has 3 amide bonds. The van der Waals surface area contributed by atoms with Crippen LogP contribution in [0.3, 0.4) is 0 Å². The number of urea groups is 1. The number of para-hydroxylation sites is 1. The number of rotatable bonds is 11. The second kappa shape index (κ2) is 15.0. The standard InChI is InChI=1S/C38H34ClN3O7/c1-47-35-18-24(10-17-34(35)41-38(46)40-33-9-5-4-8-32(33)39)19-36(43)42-22-31(49-30-16-11-25-6-2-3-7-27(25)20-30)21-28(42)23-48-29-14-12-26(13-15-29)37(44)45/h2-18,20,28,31H,19,21-23H2,1H3,(H,44,45)(H2,40,41,46)/t28-,31-/m0/s1. The average Bonchev–Trinajstić information content (AvgIpc) is 3.51. The molecule has 3 N–H and O–H groups in total. The summed E-state index contributed by atoms with van der Waals surface area (Å²) in [6.07, 6.45) is 0.346. The van der Waals surface area contributed by atoms with E-state index >= 15 is 0 Å². The zero-order valence-electron chi connectivity index (χ0n) is 26.6. The lowest BCUT2D eigenvalue weighted by Gasteiger charge is -2.25. The molecule has 1 fully saturated rings. The number of methoxy groups -OCH3 is 1. The Labute approximate surface area is 288 Å². The molecule has 1 aliphatic rings. The summed E-state index contributed by atoms with van der Waals surface area (Å²) in [6, 6.07) is 31.4. The normalized spacial score (nSPS) is 15.4. The molecular weight excluding hydrogens is 646 g/mol. The number of fused-ring (bicyclic) bond motifs is 1. The summed E-state index contributed by atoms with van der Waals surface area (Å²) in [5.41, 5.74) is 1.74. The smallest absolute Gasteiger partial charge is 0.335 e. The number of carbonyl (C=O) groups is 3. The quantitative estimate of drug-likeness (QED) is 0.132. The number of hydrogen-bond acceptors (Lipinski definition) is 6. The highest BCUT2D eigenvalue weighted by Crippen LogP contribution is 2.30. The van der Waals surface area contributed by atoms with E-state index in [1.807, 2.05) is 42.5 Å². The van der Waals surface area contributed by atoms with Crippen LogP contribution in [0.15, 0.2) is 109 Å². The molecule has 0 aromatic heterocycles. The molecular formula is C38H34ClN3O7.